The standard InChI is InChI=1S/C16H25NO3/c1-12-5-7-15(8-6-12)19-10-14(18)11-20-16-4-2-3-13(17)9-16/h2-4,9,12,14-15,18H,5-8,10-11,17H2,1H3. The van der Waals surface area contributed by atoms with E-state index in [4.69, 9.17) is 15.2 Å². The van der Waals surface area contributed by atoms with Crippen molar-refractivity contribution < 1.29 is 14.6 Å². The zero-order chi connectivity index (χ0) is 14.4. The Hall–Kier alpha value is -1.26. The van der Waals surface area contributed by atoms with Crippen molar-refractivity contribution in [1.82, 2.24) is 0 Å². The highest BCUT2D eigenvalue weighted by atomic mass is 16.5. The van der Waals surface area contributed by atoms with Gasteiger partial charge in [-0.3, -0.25) is 0 Å². The molecule has 112 valence electrons. The van der Waals surface area contributed by atoms with Gasteiger partial charge in [-0.1, -0.05) is 13.0 Å². The van der Waals surface area contributed by atoms with Crippen LogP contribution in [0.3, 0.4) is 0 Å². The zero-order valence-electron chi connectivity index (χ0n) is 12.1. The first-order valence-electron chi connectivity index (χ1n) is 7.41. The SMILES string of the molecule is CC1CCC(OCC(O)COc2cccc(N)c2)CC1. The zero-order valence-corrected chi connectivity index (χ0v) is 12.1. The lowest BCUT2D eigenvalue weighted by Gasteiger charge is -2.27. The van der Waals surface area contributed by atoms with Gasteiger partial charge in [-0.25, -0.2) is 0 Å². The van der Waals surface area contributed by atoms with E-state index < -0.39 is 6.10 Å². The molecule has 1 saturated carbocycles. The van der Waals surface area contributed by atoms with Crippen LogP contribution in [0.15, 0.2) is 24.3 Å². The fourth-order valence-electron chi connectivity index (χ4n) is 2.49. The molecule has 4 nitrogen and oxygen atoms in total. The number of nitrogens with two attached hydrogens (primary N) is 1. The predicted molar refractivity (Wildman–Crippen MR) is 79.7 cm³/mol. The van der Waals surface area contributed by atoms with E-state index in [0.29, 0.717) is 24.1 Å². The molecule has 1 fully saturated rings. The van der Waals surface area contributed by atoms with Crippen LogP contribution >= 0.6 is 0 Å². The van der Waals surface area contributed by atoms with E-state index in [2.05, 4.69) is 6.92 Å². The minimum absolute atomic E-state index is 0.229. The van der Waals surface area contributed by atoms with Crippen LogP contribution in [-0.4, -0.2) is 30.5 Å². The average Bonchev–Trinajstić information content (AvgIpc) is 2.45. The van der Waals surface area contributed by atoms with Crippen LogP contribution in [0.1, 0.15) is 32.6 Å². The van der Waals surface area contributed by atoms with Gasteiger partial charge in [-0.05, 0) is 43.7 Å². The van der Waals surface area contributed by atoms with Crippen molar-refractivity contribution in [3.8, 4) is 5.75 Å². The van der Waals surface area contributed by atoms with Gasteiger partial charge in [-0.15, -0.1) is 0 Å². The molecule has 2 rings (SSSR count). The lowest BCUT2D eigenvalue weighted by molar-refractivity contribution is -0.0402. The second-order valence-electron chi connectivity index (χ2n) is 5.75. The summed E-state index contributed by atoms with van der Waals surface area (Å²) in [6, 6.07) is 7.20. The smallest absolute Gasteiger partial charge is 0.121 e. The lowest BCUT2D eigenvalue weighted by atomic mass is 9.89. The molecule has 1 aliphatic carbocycles. The third kappa shape index (κ3) is 5.02. The Kier molecular flexibility index (Phi) is 5.68. The predicted octanol–water partition coefficient (Wildman–Crippen LogP) is 2.60. The van der Waals surface area contributed by atoms with Crippen molar-refractivity contribution in [2.45, 2.75) is 44.8 Å². The number of aliphatic hydroxyl groups is 1. The molecular weight excluding hydrogens is 254 g/mol. The number of nitrogen functional groups attached to an aromatic ring is 1. The van der Waals surface area contributed by atoms with Crippen molar-refractivity contribution in [3.05, 3.63) is 24.3 Å². The fourth-order valence-corrected chi connectivity index (χ4v) is 2.49. The second kappa shape index (κ2) is 7.50. The van der Waals surface area contributed by atoms with E-state index in [0.717, 1.165) is 18.8 Å². The number of rotatable bonds is 6. The van der Waals surface area contributed by atoms with E-state index in [1.54, 1.807) is 12.1 Å². The highest BCUT2D eigenvalue weighted by molar-refractivity contribution is 5.43. The topological polar surface area (TPSA) is 64.7 Å². The van der Waals surface area contributed by atoms with Crippen LogP contribution in [-0.2, 0) is 4.74 Å². The second-order valence-corrected chi connectivity index (χ2v) is 5.75. The van der Waals surface area contributed by atoms with Gasteiger partial charge in [0.25, 0.3) is 0 Å². The van der Waals surface area contributed by atoms with Gasteiger partial charge in [0, 0.05) is 11.8 Å². The largest absolute Gasteiger partial charge is 0.491 e. The fraction of sp³-hybridized carbons (Fsp3) is 0.625. The Morgan fingerprint density at radius 3 is 2.70 bits per heavy atom. The summed E-state index contributed by atoms with van der Waals surface area (Å²) < 4.78 is 11.2. The van der Waals surface area contributed by atoms with Gasteiger partial charge in [0.2, 0.25) is 0 Å². The molecule has 0 aliphatic heterocycles. The minimum Gasteiger partial charge on any atom is -0.491 e. The maximum Gasteiger partial charge on any atom is 0.121 e. The Balaban J connectivity index is 1.64. The first-order chi connectivity index (χ1) is 9.63. The summed E-state index contributed by atoms with van der Waals surface area (Å²) in [6.45, 7) is 2.85. The molecule has 0 saturated heterocycles. The van der Waals surface area contributed by atoms with Crippen molar-refractivity contribution in [2.24, 2.45) is 5.92 Å². The van der Waals surface area contributed by atoms with Crippen LogP contribution in [0.25, 0.3) is 0 Å². The molecule has 0 bridgehead atoms. The summed E-state index contributed by atoms with van der Waals surface area (Å²) in [5, 5.41) is 9.88. The van der Waals surface area contributed by atoms with E-state index in [9.17, 15) is 5.11 Å². The summed E-state index contributed by atoms with van der Waals surface area (Å²) in [4.78, 5) is 0. The number of ether oxygens (including phenoxy) is 2. The van der Waals surface area contributed by atoms with Gasteiger partial charge in [-0.2, -0.15) is 0 Å². The summed E-state index contributed by atoms with van der Waals surface area (Å²) in [5.74, 6) is 1.49. The number of anilines is 1. The number of aliphatic hydroxyl groups excluding tert-OH is 1. The molecule has 1 aliphatic rings. The number of hydrogen-bond acceptors (Lipinski definition) is 4. The molecule has 0 heterocycles. The monoisotopic (exact) mass is 279 g/mol. The molecule has 0 amide bonds. The highest BCUT2D eigenvalue weighted by Gasteiger charge is 2.19. The number of hydrogen-bond donors (Lipinski definition) is 2. The Morgan fingerprint density at radius 2 is 2.00 bits per heavy atom. The van der Waals surface area contributed by atoms with Crippen molar-refractivity contribution in [1.29, 1.82) is 0 Å². The van der Waals surface area contributed by atoms with Crippen LogP contribution < -0.4 is 10.5 Å². The molecule has 0 radical (unpaired) electrons. The van der Waals surface area contributed by atoms with Crippen molar-refractivity contribution >= 4 is 5.69 Å². The first-order valence-corrected chi connectivity index (χ1v) is 7.41. The van der Waals surface area contributed by atoms with Crippen molar-refractivity contribution in [2.75, 3.05) is 18.9 Å². The summed E-state index contributed by atoms with van der Waals surface area (Å²) in [5.41, 5.74) is 6.32. The van der Waals surface area contributed by atoms with E-state index in [1.165, 1.54) is 12.8 Å². The molecular formula is C16H25NO3. The summed E-state index contributed by atoms with van der Waals surface area (Å²) >= 11 is 0. The molecule has 3 N–H and O–H groups in total. The molecule has 4 heteroatoms. The lowest BCUT2D eigenvalue weighted by Crippen LogP contribution is -2.28. The molecule has 0 aromatic heterocycles. The van der Waals surface area contributed by atoms with Crippen molar-refractivity contribution in [3.63, 3.8) is 0 Å². The summed E-state index contributed by atoms with van der Waals surface area (Å²) in [6.07, 6.45) is 4.35. The Bertz CT molecular complexity index is 402. The molecule has 1 aromatic carbocycles. The third-order valence-corrected chi connectivity index (χ3v) is 3.79. The molecule has 1 aromatic rings. The average molecular weight is 279 g/mol. The normalized spacial score (nSPS) is 24.3. The van der Waals surface area contributed by atoms with Gasteiger partial charge < -0.3 is 20.3 Å². The first kappa shape index (κ1) is 15.1. The van der Waals surface area contributed by atoms with Crippen LogP contribution in [0, 0.1) is 5.92 Å². The maximum atomic E-state index is 9.88. The molecule has 1 unspecified atom stereocenters. The summed E-state index contributed by atoms with van der Waals surface area (Å²) in [7, 11) is 0. The van der Waals surface area contributed by atoms with Gasteiger partial charge >= 0.3 is 0 Å². The Morgan fingerprint density at radius 1 is 1.25 bits per heavy atom. The quantitative estimate of drug-likeness (QED) is 0.786. The minimum atomic E-state index is -0.601. The molecule has 1 atom stereocenters. The van der Waals surface area contributed by atoms with Gasteiger partial charge in [0.15, 0.2) is 0 Å². The maximum absolute atomic E-state index is 9.88. The van der Waals surface area contributed by atoms with Crippen LogP contribution in [0.2, 0.25) is 0 Å². The highest BCUT2D eigenvalue weighted by Crippen LogP contribution is 2.25. The number of benzene rings is 1. The van der Waals surface area contributed by atoms with E-state index in [1.807, 2.05) is 12.1 Å². The van der Waals surface area contributed by atoms with Gasteiger partial charge in [0.05, 0.1) is 12.7 Å². The Labute approximate surface area is 120 Å². The molecule has 20 heavy (non-hydrogen) atoms. The van der Waals surface area contributed by atoms with E-state index in [-0.39, 0.29) is 6.61 Å². The third-order valence-electron chi connectivity index (χ3n) is 3.79. The van der Waals surface area contributed by atoms with Crippen LogP contribution in [0.4, 0.5) is 5.69 Å². The van der Waals surface area contributed by atoms with Crippen LogP contribution in [0.5, 0.6) is 5.75 Å². The van der Waals surface area contributed by atoms with Gasteiger partial charge in [0.1, 0.15) is 18.5 Å². The molecule has 0 spiro atoms. The van der Waals surface area contributed by atoms with E-state index >= 15 is 0 Å².